The molecule has 3 aliphatic heterocycles. The normalized spacial score (nSPS) is 20.0. The number of carbonyl (C=O) groups is 1. The third kappa shape index (κ3) is 5.78. The maximum atomic E-state index is 13.5. The highest BCUT2D eigenvalue weighted by Gasteiger charge is 2.35. The summed E-state index contributed by atoms with van der Waals surface area (Å²) in [5, 5.41) is 4.67. The number of ether oxygens (including phenoxy) is 2. The lowest BCUT2D eigenvalue weighted by Crippen LogP contribution is -2.53. The molecule has 0 radical (unpaired) electrons. The second-order valence-corrected chi connectivity index (χ2v) is 10.7. The fourth-order valence-electron chi connectivity index (χ4n) is 5.60. The SMILES string of the molecule is O=C(c1cc(-c2nc3ccc(O[C@H]4CCOC4)cc3o2)ccn1)N1CCN([C@@H](C2=NNN(C(F)F)N2)c2ccccc2)CC1. The van der Waals surface area contributed by atoms with Crippen LogP contribution in [0.15, 0.2) is 76.4 Å². The van der Waals surface area contributed by atoms with Gasteiger partial charge in [0.05, 0.1) is 19.3 Å². The molecule has 14 heteroatoms. The van der Waals surface area contributed by atoms with Gasteiger partial charge < -0.3 is 18.8 Å². The first kappa shape index (κ1) is 28.1. The van der Waals surface area contributed by atoms with Crippen LogP contribution < -0.4 is 15.7 Å². The number of piperazine rings is 1. The van der Waals surface area contributed by atoms with Crippen molar-refractivity contribution < 1.29 is 27.5 Å². The average molecular weight is 605 g/mol. The summed E-state index contributed by atoms with van der Waals surface area (Å²) in [5.74, 6) is 1.21. The summed E-state index contributed by atoms with van der Waals surface area (Å²) in [6.07, 6.45) is 2.44. The van der Waals surface area contributed by atoms with Crippen LogP contribution >= 0.6 is 0 Å². The van der Waals surface area contributed by atoms with E-state index in [1.807, 2.05) is 48.5 Å². The Morgan fingerprint density at radius 2 is 1.89 bits per heavy atom. The molecule has 2 N–H and O–H groups in total. The predicted molar refractivity (Wildman–Crippen MR) is 155 cm³/mol. The van der Waals surface area contributed by atoms with Gasteiger partial charge in [-0.25, -0.2) is 10.5 Å². The zero-order valence-corrected chi connectivity index (χ0v) is 23.6. The molecule has 7 rings (SSSR count). The zero-order chi connectivity index (χ0) is 30.0. The molecule has 0 spiro atoms. The first-order chi connectivity index (χ1) is 21.5. The van der Waals surface area contributed by atoms with E-state index in [0.717, 1.165) is 12.0 Å². The van der Waals surface area contributed by atoms with E-state index in [4.69, 9.17) is 13.9 Å². The lowest BCUT2D eigenvalue weighted by molar-refractivity contribution is -0.0715. The van der Waals surface area contributed by atoms with Crippen LogP contribution in [0.2, 0.25) is 0 Å². The summed E-state index contributed by atoms with van der Waals surface area (Å²) in [6.45, 7) is 0.339. The highest BCUT2D eigenvalue weighted by Crippen LogP contribution is 2.29. The van der Waals surface area contributed by atoms with Crippen molar-refractivity contribution >= 4 is 22.8 Å². The van der Waals surface area contributed by atoms with Crippen molar-refractivity contribution in [2.45, 2.75) is 25.1 Å². The number of alkyl halides is 2. The fourth-order valence-corrected chi connectivity index (χ4v) is 5.60. The van der Waals surface area contributed by atoms with Crippen LogP contribution in [0.1, 0.15) is 28.5 Å². The molecule has 12 nitrogen and oxygen atoms in total. The van der Waals surface area contributed by atoms with Crippen molar-refractivity contribution in [1.29, 1.82) is 0 Å². The lowest BCUT2D eigenvalue weighted by Gasteiger charge is -2.39. The summed E-state index contributed by atoms with van der Waals surface area (Å²) < 4.78 is 43.9. The Morgan fingerprint density at radius 3 is 2.64 bits per heavy atom. The quantitative estimate of drug-likeness (QED) is 0.290. The number of amides is 1. The molecule has 0 aliphatic carbocycles. The molecule has 0 bridgehead atoms. The van der Waals surface area contributed by atoms with E-state index in [1.54, 1.807) is 23.2 Å². The summed E-state index contributed by atoms with van der Waals surface area (Å²) in [5.41, 5.74) is 8.06. The first-order valence-corrected chi connectivity index (χ1v) is 14.4. The Balaban J connectivity index is 1.04. The number of rotatable bonds is 8. The Labute approximate surface area is 251 Å². The predicted octanol–water partition coefficient (Wildman–Crippen LogP) is 3.42. The third-order valence-corrected chi connectivity index (χ3v) is 7.83. The molecular weight excluding hydrogens is 574 g/mol. The average Bonchev–Trinajstić information content (AvgIpc) is 3.84. The lowest BCUT2D eigenvalue weighted by atomic mass is 10.0. The third-order valence-electron chi connectivity index (χ3n) is 7.83. The molecule has 5 heterocycles. The van der Waals surface area contributed by atoms with Crippen molar-refractivity contribution in [2.75, 3.05) is 39.4 Å². The van der Waals surface area contributed by atoms with Crippen molar-refractivity contribution in [3.8, 4) is 17.2 Å². The minimum Gasteiger partial charge on any atom is -0.488 e. The Hall–Kier alpha value is -4.66. The first-order valence-electron chi connectivity index (χ1n) is 14.4. The van der Waals surface area contributed by atoms with Gasteiger partial charge in [-0.15, -0.1) is 5.10 Å². The molecule has 228 valence electrons. The van der Waals surface area contributed by atoms with E-state index in [0.29, 0.717) is 78.6 Å². The number of hydrogen-bond donors (Lipinski definition) is 2. The smallest absolute Gasteiger partial charge is 0.329 e. The maximum absolute atomic E-state index is 13.5. The summed E-state index contributed by atoms with van der Waals surface area (Å²) in [6, 6.07) is 18.1. The number of oxazole rings is 1. The minimum absolute atomic E-state index is 0.0238. The van der Waals surface area contributed by atoms with Gasteiger partial charge in [0, 0.05) is 50.4 Å². The number of hydrazone groups is 1. The van der Waals surface area contributed by atoms with E-state index in [2.05, 4.69) is 30.9 Å². The molecule has 4 aromatic rings. The highest BCUT2D eigenvalue weighted by molar-refractivity contribution is 5.93. The van der Waals surface area contributed by atoms with Gasteiger partial charge in [0.1, 0.15) is 23.1 Å². The molecule has 0 saturated carbocycles. The second kappa shape index (κ2) is 12.1. The number of nitrogens with one attached hydrogen (secondary N) is 2. The Morgan fingerprint density at radius 1 is 1.05 bits per heavy atom. The van der Waals surface area contributed by atoms with Gasteiger partial charge in [-0.3, -0.25) is 20.1 Å². The van der Waals surface area contributed by atoms with Crippen molar-refractivity contribution in [3.05, 3.63) is 78.1 Å². The number of amidine groups is 1. The Bertz CT molecular complexity index is 1660. The standard InChI is InChI=1S/C30H30F2N8O4/c31-30(32)40-36-27(35-37-40)26(19-4-2-1-3-5-19)38-11-13-39(14-12-38)29(41)24-16-20(8-10-33-24)28-34-23-7-6-21(17-25(23)44-28)43-22-9-15-42-18-22/h1-8,10,16-17,22,26,30,37H,9,11-15,18H2,(H,35,36)/t22-,26+/m0/s1. The number of fused-ring (bicyclic) bond motifs is 1. The number of hydrazine groups is 2. The minimum atomic E-state index is -2.77. The van der Waals surface area contributed by atoms with Gasteiger partial charge in [0.2, 0.25) is 5.89 Å². The largest absolute Gasteiger partial charge is 0.488 e. The summed E-state index contributed by atoms with van der Waals surface area (Å²) in [7, 11) is 0. The fraction of sp³-hybridized carbons (Fsp3) is 0.333. The van der Waals surface area contributed by atoms with Crippen LogP contribution in [0.5, 0.6) is 5.75 Å². The molecule has 2 atom stereocenters. The van der Waals surface area contributed by atoms with E-state index in [9.17, 15) is 13.6 Å². The number of hydrogen-bond acceptors (Lipinski definition) is 11. The Kier molecular flexibility index (Phi) is 7.77. The number of carbonyl (C=O) groups excluding carboxylic acids is 1. The van der Waals surface area contributed by atoms with E-state index < -0.39 is 12.6 Å². The van der Waals surface area contributed by atoms with E-state index in [-0.39, 0.29) is 17.7 Å². The van der Waals surface area contributed by atoms with E-state index in [1.165, 1.54) is 0 Å². The van der Waals surface area contributed by atoms with Crippen LogP contribution in [-0.2, 0) is 4.74 Å². The molecule has 2 aromatic heterocycles. The van der Waals surface area contributed by atoms with Gasteiger partial charge >= 0.3 is 6.55 Å². The van der Waals surface area contributed by atoms with Gasteiger partial charge in [0.15, 0.2) is 11.4 Å². The van der Waals surface area contributed by atoms with E-state index >= 15 is 0 Å². The van der Waals surface area contributed by atoms with Crippen LogP contribution in [0.3, 0.4) is 0 Å². The number of halogens is 2. The number of pyridine rings is 1. The van der Waals surface area contributed by atoms with Crippen LogP contribution in [0, 0.1) is 0 Å². The van der Waals surface area contributed by atoms with Gasteiger partial charge in [-0.2, -0.15) is 8.78 Å². The topological polar surface area (TPSA) is 121 Å². The van der Waals surface area contributed by atoms with Crippen molar-refractivity contribution in [3.63, 3.8) is 0 Å². The van der Waals surface area contributed by atoms with Gasteiger partial charge in [-0.05, 0) is 29.8 Å². The molecule has 3 aliphatic rings. The number of aromatic nitrogens is 2. The number of benzene rings is 2. The molecular formula is C30H30F2N8O4. The van der Waals surface area contributed by atoms with Crippen molar-refractivity contribution in [2.24, 2.45) is 5.10 Å². The van der Waals surface area contributed by atoms with Gasteiger partial charge in [0.25, 0.3) is 5.91 Å². The van der Waals surface area contributed by atoms with Crippen LogP contribution in [0.25, 0.3) is 22.6 Å². The molecule has 0 unspecified atom stereocenters. The van der Waals surface area contributed by atoms with Crippen LogP contribution in [-0.4, -0.2) is 88.7 Å². The molecule has 2 saturated heterocycles. The zero-order valence-electron chi connectivity index (χ0n) is 23.6. The maximum Gasteiger partial charge on any atom is 0.329 e. The summed E-state index contributed by atoms with van der Waals surface area (Å²) in [4.78, 5) is 26.3. The molecule has 44 heavy (non-hydrogen) atoms. The summed E-state index contributed by atoms with van der Waals surface area (Å²) >= 11 is 0. The second-order valence-electron chi connectivity index (χ2n) is 10.7. The number of nitrogens with zero attached hydrogens (tertiary/aromatic N) is 6. The molecule has 2 aromatic carbocycles. The molecule has 1 amide bonds. The monoisotopic (exact) mass is 604 g/mol. The van der Waals surface area contributed by atoms with Crippen LogP contribution in [0.4, 0.5) is 8.78 Å². The van der Waals surface area contributed by atoms with Crippen molar-refractivity contribution in [1.82, 2.24) is 35.8 Å². The molecule has 2 fully saturated rings. The highest BCUT2D eigenvalue weighted by atomic mass is 19.3. The van der Waals surface area contributed by atoms with Gasteiger partial charge in [-0.1, -0.05) is 35.4 Å².